The number of methoxy groups -OCH3 is 1. The summed E-state index contributed by atoms with van der Waals surface area (Å²) in [5, 5.41) is 8.94. The molecule has 0 spiro atoms. The zero-order valence-corrected chi connectivity index (χ0v) is 9.77. The Bertz CT molecular complexity index is 585. The lowest BCUT2D eigenvalue weighted by atomic mass is 10.0. The molecule has 0 aliphatic heterocycles. The van der Waals surface area contributed by atoms with Crippen LogP contribution in [0.25, 0.3) is 11.1 Å². The van der Waals surface area contributed by atoms with E-state index in [0.29, 0.717) is 11.3 Å². The Morgan fingerprint density at radius 3 is 2.65 bits per heavy atom. The predicted molar refractivity (Wildman–Crippen MR) is 65.7 cm³/mol. The minimum atomic E-state index is 0.655. The first-order valence-corrected chi connectivity index (χ1v) is 5.24. The van der Waals surface area contributed by atoms with Crippen molar-refractivity contribution in [1.29, 1.82) is 5.26 Å². The smallest absolute Gasteiger partial charge is 0.137 e. The number of ether oxygens (including phenoxy) is 1. The predicted octanol–water partition coefficient (Wildman–Crippen LogP) is 2.94. The molecule has 0 fully saturated rings. The molecule has 1 aromatic heterocycles. The van der Waals surface area contributed by atoms with E-state index in [9.17, 15) is 0 Å². The molecule has 1 aromatic carbocycles. The molecule has 0 bridgehead atoms. The molecule has 0 unspecified atom stereocenters. The molecule has 0 aliphatic carbocycles. The summed E-state index contributed by atoms with van der Waals surface area (Å²) >= 11 is 0. The summed E-state index contributed by atoms with van der Waals surface area (Å²) in [5.41, 5.74) is 3.64. The molecule has 0 saturated heterocycles. The zero-order valence-electron chi connectivity index (χ0n) is 9.77. The molecule has 0 radical (unpaired) electrons. The normalized spacial score (nSPS) is 9.71. The first-order valence-electron chi connectivity index (χ1n) is 5.24. The lowest BCUT2D eigenvalue weighted by Crippen LogP contribution is -1.88. The summed E-state index contributed by atoms with van der Waals surface area (Å²) in [7, 11) is 1.61. The number of hydrogen-bond donors (Lipinski definition) is 0. The van der Waals surface area contributed by atoms with Crippen LogP contribution < -0.4 is 4.74 Å². The second-order valence-electron chi connectivity index (χ2n) is 3.81. The maximum atomic E-state index is 8.94. The van der Waals surface area contributed by atoms with Gasteiger partial charge in [0.1, 0.15) is 5.75 Å². The largest absolute Gasteiger partial charge is 0.495 e. The summed E-state index contributed by atoms with van der Waals surface area (Å²) in [6, 6.07) is 9.79. The Labute approximate surface area is 100 Å². The highest BCUT2D eigenvalue weighted by Crippen LogP contribution is 2.24. The highest BCUT2D eigenvalue weighted by molar-refractivity contribution is 5.66. The summed E-state index contributed by atoms with van der Waals surface area (Å²) in [6.45, 7) is 1.97. The third-order valence-corrected chi connectivity index (χ3v) is 2.49. The van der Waals surface area contributed by atoms with E-state index in [1.165, 1.54) is 0 Å². The van der Waals surface area contributed by atoms with E-state index in [1.54, 1.807) is 19.5 Å². The Morgan fingerprint density at radius 1 is 1.12 bits per heavy atom. The van der Waals surface area contributed by atoms with Crippen LogP contribution in [-0.2, 0) is 0 Å². The van der Waals surface area contributed by atoms with Gasteiger partial charge in [-0.1, -0.05) is 6.07 Å². The van der Waals surface area contributed by atoms with E-state index in [2.05, 4.69) is 11.1 Å². The SMILES string of the molecule is COc1cncc(-c2cc(C)cc(C#N)c2)c1. The van der Waals surface area contributed by atoms with Crippen LogP contribution in [0.1, 0.15) is 11.1 Å². The third kappa shape index (κ3) is 2.43. The van der Waals surface area contributed by atoms with Crippen molar-refractivity contribution < 1.29 is 4.74 Å². The Kier molecular flexibility index (Phi) is 3.06. The molecule has 1 heterocycles. The quantitative estimate of drug-likeness (QED) is 0.787. The van der Waals surface area contributed by atoms with Gasteiger partial charge in [-0.25, -0.2) is 0 Å². The molecule has 3 nitrogen and oxygen atoms in total. The van der Waals surface area contributed by atoms with Crippen LogP contribution in [-0.4, -0.2) is 12.1 Å². The molecule has 0 N–H and O–H groups in total. The number of hydrogen-bond acceptors (Lipinski definition) is 3. The molecule has 84 valence electrons. The van der Waals surface area contributed by atoms with Gasteiger partial charge >= 0.3 is 0 Å². The Morgan fingerprint density at radius 2 is 1.94 bits per heavy atom. The second-order valence-corrected chi connectivity index (χ2v) is 3.81. The van der Waals surface area contributed by atoms with E-state index in [-0.39, 0.29) is 0 Å². The average Bonchev–Trinajstić information content (AvgIpc) is 2.38. The molecule has 0 saturated carbocycles. The van der Waals surface area contributed by atoms with Gasteiger partial charge in [0.15, 0.2) is 0 Å². The highest BCUT2D eigenvalue weighted by atomic mass is 16.5. The minimum Gasteiger partial charge on any atom is -0.495 e. The summed E-state index contributed by atoms with van der Waals surface area (Å²) < 4.78 is 5.14. The molecule has 0 aliphatic rings. The van der Waals surface area contributed by atoms with Crippen molar-refractivity contribution in [1.82, 2.24) is 4.98 Å². The fourth-order valence-corrected chi connectivity index (χ4v) is 1.70. The molecule has 3 heteroatoms. The van der Waals surface area contributed by atoms with E-state index in [4.69, 9.17) is 10.00 Å². The van der Waals surface area contributed by atoms with Crippen LogP contribution in [0, 0.1) is 18.3 Å². The van der Waals surface area contributed by atoms with Crippen LogP contribution in [0.15, 0.2) is 36.7 Å². The van der Waals surface area contributed by atoms with Crippen molar-refractivity contribution in [3.63, 3.8) is 0 Å². The van der Waals surface area contributed by atoms with Gasteiger partial charge in [0, 0.05) is 11.8 Å². The molecule has 2 aromatic rings. The summed E-state index contributed by atoms with van der Waals surface area (Å²) in [4.78, 5) is 4.11. The first-order chi connectivity index (χ1) is 8.22. The van der Waals surface area contributed by atoms with Gasteiger partial charge in [-0.05, 0) is 36.2 Å². The fraction of sp³-hybridized carbons (Fsp3) is 0.143. The van der Waals surface area contributed by atoms with E-state index in [0.717, 1.165) is 16.7 Å². The van der Waals surface area contributed by atoms with Crippen LogP contribution in [0.5, 0.6) is 5.75 Å². The molecule has 0 amide bonds. The number of aryl methyl sites for hydroxylation is 1. The lowest BCUT2D eigenvalue weighted by Gasteiger charge is -2.05. The van der Waals surface area contributed by atoms with Gasteiger partial charge < -0.3 is 4.74 Å². The van der Waals surface area contributed by atoms with Crippen molar-refractivity contribution in [3.8, 4) is 22.9 Å². The van der Waals surface area contributed by atoms with Crippen LogP contribution in [0.2, 0.25) is 0 Å². The topological polar surface area (TPSA) is 45.9 Å². The number of aromatic nitrogens is 1. The lowest BCUT2D eigenvalue weighted by molar-refractivity contribution is 0.413. The number of rotatable bonds is 2. The van der Waals surface area contributed by atoms with Crippen molar-refractivity contribution in [2.24, 2.45) is 0 Å². The molecular formula is C14H12N2O. The fourth-order valence-electron chi connectivity index (χ4n) is 1.70. The molecule has 2 rings (SSSR count). The van der Waals surface area contributed by atoms with E-state index < -0.39 is 0 Å². The first kappa shape index (κ1) is 11.2. The Hall–Kier alpha value is -2.34. The van der Waals surface area contributed by atoms with Crippen LogP contribution >= 0.6 is 0 Å². The van der Waals surface area contributed by atoms with Crippen LogP contribution in [0.4, 0.5) is 0 Å². The maximum Gasteiger partial charge on any atom is 0.137 e. The standard InChI is InChI=1S/C14H12N2O/c1-10-3-11(7-15)5-12(4-10)13-6-14(17-2)9-16-8-13/h3-6,8-9H,1-2H3. The molecule has 17 heavy (non-hydrogen) atoms. The third-order valence-electron chi connectivity index (χ3n) is 2.49. The van der Waals surface area contributed by atoms with Gasteiger partial charge in [-0.15, -0.1) is 0 Å². The van der Waals surface area contributed by atoms with Gasteiger partial charge in [0.25, 0.3) is 0 Å². The van der Waals surface area contributed by atoms with Crippen molar-refractivity contribution in [3.05, 3.63) is 47.8 Å². The second kappa shape index (κ2) is 4.67. The number of nitrogens with zero attached hydrogens (tertiary/aromatic N) is 2. The average molecular weight is 224 g/mol. The van der Waals surface area contributed by atoms with Crippen molar-refractivity contribution >= 4 is 0 Å². The highest BCUT2D eigenvalue weighted by Gasteiger charge is 2.03. The summed E-state index contributed by atoms with van der Waals surface area (Å²) in [6.07, 6.45) is 3.42. The van der Waals surface area contributed by atoms with Gasteiger partial charge in [-0.2, -0.15) is 5.26 Å². The van der Waals surface area contributed by atoms with E-state index >= 15 is 0 Å². The number of nitriles is 1. The van der Waals surface area contributed by atoms with Crippen molar-refractivity contribution in [2.45, 2.75) is 6.92 Å². The Balaban J connectivity index is 2.52. The zero-order chi connectivity index (χ0) is 12.3. The minimum absolute atomic E-state index is 0.655. The number of pyridine rings is 1. The number of benzene rings is 1. The van der Waals surface area contributed by atoms with Crippen molar-refractivity contribution in [2.75, 3.05) is 7.11 Å². The van der Waals surface area contributed by atoms with Crippen LogP contribution in [0.3, 0.4) is 0 Å². The van der Waals surface area contributed by atoms with E-state index in [1.807, 2.05) is 31.2 Å². The molecule has 0 atom stereocenters. The van der Waals surface area contributed by atoms with Gasteiger partial charge in [0.2, 0.25) is 0 Å². The summed E-state index contributed by atoms with van der Waals surface area (Å²) in [5.74, 6) is 0.711. The molecular weight excluding hydrogens is 212 g/mol. The maximum absolute atomic E-state index is 8.94. The van der Waals surface area contributed by atoms with Gasteiger partial charge in [-0.3, -0.25) is 4.98 Å². The monoisotopic (exact) mass is 224 g/mol. The van der Waals surface area contributed by atoms with Gasteiger partial charge in [0.05, 0.1) is 24.9 Å².